The summed E-state index contributed by atoms with van der Waals surface area (Å²) in [7, 11) is 4.81. The number of carbonyl (C=O) groups excluding carboxylic acids is 1. The molecule has 0 aliphatic carbocycles. The first-order chi connectivity index (χ1) is 9.06. The van der Waals surface area contributed by atoms with Crippen molar-refractivity contribution in [3.05, 3.63) is 29.8 Å². The molecule has 0 saturated carbocycles. The lowest BCUT2D eigenvalue weighted by atomic mass is 9.95. The zero-order chi connectivity index (χ0) is 14.3. The fourth-order valence-electron chi connectivity index (χ4n) is 1.84. The lowest BCUT2D eigenvalue weighted by molar-refractivity contribution is 0.0387. The van der Waals surface area contributed by atoms with Crippen molar-refractivity contribution in [1.29, 1.82) is 0 Å². The number of hydrogen-bond donors (Lipinski definition) is 0. The zero-order valence-corrected chi connectivity index (χ0v) is 13.3. The van der Waals surface area contributed by atoms with E-state index in [2.05, 4.69) is 42.2 Å². The molecule has 2 unspecified atom stereocenters. The van der Waals surface area contributed by atoms with Gasteiger partial charge in [0.2, 0.25) is 0 Å². The highest BCUT2D eigenvalue weighted by Crippen LogP contribution is 2.30. The Balaban J connectivity index is 2.52. The molecular weight excluding hydrogens is 280 g/mol. The van der Waals surface area contributed by atoms with Crippen LogP contribution in [-0.4, -0.2) is 25.6 Å². The monoisotopic (exact) mass is 300 g/mol. The van der Waals surface area contributed by atoms with Gasteiger partial charge in [-0.25, -0.2) is 4.79 Å². The van der Waals surface area contributed by atoms with E-state index in [1.807, 2.05) is 6.92 Å². The molecule has 0 saturated heterocycles. The first-order valence-corrected chi connectivity index (χ1v) is 8.67. The minimum absolute atomic E-state index is 0.150. The summed E-state index contributed by atoms with van der Waals surface area (Å²) in [5, 5.41) is 0. The molecule has 106 valence electrons. The van der Waals surface area contributed by atoms with Gasteiger partial charge >= 0.3 is 6.16 Å². The van der Waals surface area contributed by atoms with Crippen molar-refractivity contribution in [3.63, 3.8) is 0 Å². The van der Waals surface area contributed by atoms with E-state index in [1.165, 1.54) is 17.6 Å². The summed E-state index contributed by atoms with van der Waals surface area (Å²) in [4.78, 5) is 12.3. The third-order valence-corrected chi connectivity index (χ3v) is 4.49. The number of rotatable bonds is 6. The van der Waals surface area contributed by atoms with E-state index in [9.17, 15) is 4.79 Å². The van der Waals surface area contributed by atoms with Crippen LogP contribution >= 0.6 is 21.6 Å². The molecule has 0 amide bonds. The number of ether oxygens (including phenoxy) is 2. The molecule has 1 aromatic carbocycles. The normalized spacial score (nSPS) is 13.7. The van der Waals surface area contributed by atoms with Gasteiger partial charge in [0.1, 0.15) is 6.10 Å². The topological polar surface area (TPSA) is 35.5 Å². The third kappa shape index (κ3) is 5.78. The SMILES string of the molecule is COC(=O)OC(C)CC(C)c1ccc(SSC)cc1. The van der Waals surface area contributed by atoms with Crippen LogP contribution in [0.2, 0.25) is 0 Å². The van der Waals surface area contributed by atoms with Crippen molar-refractivity contribution in [2.45, 2.75) is 37.2 Å². The van der Waals surface area contributed by atoms with Crippen LogP contribution in [0.15, 0.2) is 29.2 Å². The Hall–Kier alpha value is -0.810. The molecule has 0 aliphatic rings. The summed E-state index contributed by atoms with van der Waals surface area (Å²) >= 11 is 0. The average Bonchev–Trinajstić information content (AvgIpc) is 2.39. The lowest BCUT2D eigenvalue weighted by Crippen LogP contribution is -2.16. The fourth-order valence-corrected chi connectivity index (χ4v) is 3.19. The van der Waals surface area contributed by atoms with E-state index in [4.69, 9.17) is 4.74 Å². The largest absolute Gasteiger partial charge is 0.508 e. The second kappa shape index (κ2) is 8.38. The van der Waals surface area contributed by atoms with Crippen LogP contribution in [0.3, 0.4) is 0 Å². The van der Waals surface area contributed by atoms with Gasteiger partial charge in [0.25, 0.3) is 0 Å². The summed E-state index contributed by atoms with van der Waals surface area (Å²) < 4.78 is 9.57. The molecule has 5 heteroatoms. The van der Waals surface area contributed by atoms with Gasteiger partial charge in [0, 0.05) is 4.90 Å². The highest BCUT2D eigenvalue weighted by atomic mass is 33.1. The van der Waals surface area contributed by atoms with Gasteiger partial charge in [-0.1, -0.05) is 40.6 Å². The Bertz CT molecular complexity index is 392. The van der Waals surface area contributed by atoms with E-state index < -0.39 is 6.16 Å². The molecule has 1 aromatic rings. The van der Waals surface area contributed by atoms with E-state index in [-0.39, 0.29) is 6.10 Å². The highest BCUT2D eigenvalue weighted by molar-refractivity contribution is 8.76. The minimum atomic E-state index is -0.619. The van der Waals surface area contributed by atoms with Crippen molar-refractivity contribution >= 4 is 27.7 Å². The van der Waals surface area contributed by atoms with Crippen LogP contribution in [0.25, 0.3) is 0 Å². The smallest absolute Gasteiger partial charge is 0.438 e. The standard InChI is InChI=1S/C14H20O3S2/c1-10(9-11(2)17-14(15)16-3)12-5-7-13(8-6-12)19-18-4/h5-8,10-11H,9H2,1-4H3. The highest BCUT2D eigenvalue weighted by Gasteiger charge is 2.14. The molecule has 2 atom stereocenters. The van der Waals surface area contributed by atoms with Gasteiger partial charge < -0.3 is 9.47 Å². The van der Waals surface area contributed by atoms with Gasteiger partial charge in [0.15, 0.2) is 0 Å². The Labute approximate surface area is 122 Å². The second-order valence-electron chi connectivity index (χ2n) is 4.34. The van der Waals surface area contributed by atoms with E-state index in [1.54, 1.807) is 21.6 Å². The van der Waals surface area contributed by atoms with Crippen LogP contribution in [0.1, 0.15) is 31.7 Å². The minimum Gasteiger partial charge on any atom is -0.438 e. The summed E-state index contributed by atoms with van der Waals surface area (Å²) in [6.45, 7) is 4.01. The molecular formula is C14H20O3S2. The summed E-state index contributed by atoms with van der Waals surface area (Å²) in [5.41, 5.74) is 1.26. The van der Waals surface area contributed by atoms with Crippen LogP contribution in [0.4, 0.5) is 4.79 Å². The molecule has 0 radical (unpaired) electrons. The van der Waals surface area contributed by atoms with Crippen LogP contribution in [-0.2, 0) is 9.47 Å². The van der Waals surface area contributed by atoms with Gasteiger partial charge in [0.05, 0.1) is 7.11 Å². The lowest BCUT2D eigenvalue weighted by Gasteiger charge is -2.17. The van der Waals surface area contributed by atoms with E-state index >= 15 is 0 Å². The van der Waals surface area contributed by atoms with Gasteiger partial charge in [-0.3, -0.25) is 0 Å². The van der Waals surface area contributed by atoms with Crippen LogP contribution in [0.5, 0.6) is 0 Å². The van der Waals surface area contributed by atoms with Crippen molar-refractivity contribution in [3.8, 4) is 0 Å². The maximum atomic E-state index is 11.0. The van der Waals surface area contributed by atoms with Crippen molar-refractivity contribution in [2.24, 2.45) is 0 Å². The van der Waals surface area contributed by atoms with Crippen LogP contribution in [0, 0.1) is 0 Å². The quantitative estimate of drug-likeness (QED) is 0.561. The Morgan fingerprint density at radius 3 is 2.42 bits per heavy atom. The predicted octanol–water partition coefficient (Wildman–Crippen LogP) is 4.72. The van der Waals surface area contributed by atoms with Crippen molar-refractivity contribution in [1.82, 2.24) is 0 Å². The molecule has 0 N–H and O–H groups in total. The number of benzene rings is 1. The first kappa shape index (κ1) is 16.2. The molecule has 0 aromatic heterocycles. The zero-order valence-electron chi connectivity index (χ0n) is 11.7. The molecule has 1 rings (SSSR count). The summed E-state index contributed by atoms with van der Waals surface area (Å²) in [5.74, 6) is 0.341. The van der Waals surface area contributed by atoms with Gasteiger partial charge in [-0.15, -0.1) is 0 Å². The maximum Gasteiger partial charge on any atom is 0.508 e. The third-order valence-electron chi connectivity index (χ3n) is 2.78. The van der Waals surface area contributed by atoms with Gasteiger partial charge in [-0.05, 0) is 43.2 Å². The van der Waals surface area contributed by atoms with E-state index in [0.29, 0.717) is 5.92 Å². The van der Waals surface area contributed by atoms with E-state index in [0.717, 1.165) is 6.42 Å². The van der Waals surface area contributed by atoms with Crippen molar-refractivity contribution in [2.75, 3.05) is 13.4 Å². The second-order valence-corrected chi connectivity index (χ2v) is 6.81. The number of hydrogen-bond acceptors (Lipinski definition) is 5. The molecule has 0 aliphatic heterocycles. The first-order valence-electron chi connectivity index (χ1n) is 6.12. The maximum absolute atomic E-state index is 11.0. The fraction of sp³-hybridized carbons (Fsp3) is 0.500. The van der Waals surface area contributed by atoms with Crippen LogP contribution < -0.4 is 0 Å². The average molecular weight is 300 g/mol. The summed E-state index contributed by atoms with van der Waals surface area (Å²) in [6, 6.07) is 8.51. The van der Waals surface area contributed by atoms with Gasteiger partial charge in [-0.2, -0.15) is 0 Å². The number of methoxy groups -OCH3 is 1. The predicted molar refractivity (Wildman–Crippen MR) is 81.8 cm³/mol. The molecule has 19 heavy (non-hydrogen) atoms. The number of carbonyl (C=O) groups is 1. The molecule has 0 spiro atoms. The molecule has 0 heterocycles. The Morgan fingerprint density at radius 1 is 1.26 bits per heavy atom. The molecule has 0 fully saturated rings. The Morgan fingerprint density at radius 2 is 1.89 bits per heavy atom. The van der Waals surface area contributed by atoms with Crippen molar-refractivity contribution < 1.29 is 14.3 Å². The molecule has 0 bridgehead atoms. The summed E-state index contributed by atoms with van der Waals surface area (Å²) in [6.07, 6.45) is 2.08. The Kier molecular flexibility index (Phi) is 7.16. The molecule has 3 nitrogen and oxygen atoms in total.